The van der Waals surface area contributed by atoms with E-state index in [1.165, 1.54) is 0 Å². The van der Waals surface area contributed by atoms with Crippen molar-refractivity contribution in [1.29, 1.82) is 0 Å². The van der Waals surface area contributed by atoms with Crippen molar-refractivity contribution >= 4 is 10.0 Å². The smallest absolute Gasteiger partial charge is 0.243 e. The predicted octanol–water partition coefficient (Wildman–Crippen LogP) is 1.89. The van der Waals surface area contributed by atoms with Crippen molar-refractivity contribution in [3.05, 3.63) is 30.3 Å². The maximum absolute atomic E-state index is 12.9. The first kappa shape index (κ1) is 15.9. The largest absolute Gasteiger partial charge is 0.384 e. The zero-order valence-corrected chi connectivity index (χ0v) is 13.7. The second kappa shape index (κ2) is 6.28. The van der Waals surface area contributed by atoms with Gasteiger partial charge in [-0.25, -0.2) is 8.42 Å². The van der Waals surface area contributed by atoms with Gasteiger partial charge >= 0.3 is 0 Å². The second-order valence-corrected chi connectivity index (χ2v) is 8.14. The van der Waals surface area contributed by atoms with Crippen molar-refractivity contribution < 1.29 is 17.9 Å². The minimum absolute atomic E-state index is 0.100. The summed E-state index contributed by atoms with van der Waals surface area (Å²) in [4.78, 5) is 0.359. The highest BCUT2D eigenvalue weighted by Gasteiger charge is 2.48. The normalized spacial score (nSPS) is 30.0. The van der Waals surface area contributed by atoms with Gasteiger partial charge < -0.3 is 9.47 Å². The highest BCUT2D eigenvalue weighted by molar-refractivity contribution is 7.89. The second-order valence-electron chi connectivity index (χ2n) is 6.20. The van der Waals surface area contributed by atoms with Crippen LogP contribution in [-0.2, 0) is 19.5 Å². The molecule has 2 heterocycles. The molecule has 0 amide bonds. The Labute approximate surface area is 132 Å². The number of ether oxygens (including phenoxy) is 2. The van der Waals surface area contributed by atoms with E-state index < -0.39 is 10.0 Å². The number of nitrogens with zero attached hydrogens (tertiary/aromatic N) is 1. The van der Waals surface area contributed by atoms with E-state index in [0.29, 0.717) is 24.6 Å². The van der Waals surface area contributed by atoms with Crippen molar-refractivity contribution in [3.8, 4) is 0 Å². The average Bonchev–Trinajstić information content (AvgIpc) is 2.55. The molecule has 22 heavy (non-hydrogen) atoms. The summed E-state index contributed by atoms with van der Waals surface area (Å²) in [6, 6.07) is 8.65. The topological polar surface area (TPSA) is 55.8 Å². The molecule has 2 saturated heterocycles. The fourth-order valence-corrected chi connectivity index (χ4v) is 5.27. The molecule has 1 aromatic carbocycles. The summed E-state index contributed by atoms with van der Waals surface area (Å²) in [5, 5.41) is 0. The maximum Gasteiger partial charge on any atom is 0.243 e. The van der Waals surface area contributed by atoms with Gasteiger partial charge in [-0.1, -0.05) is 18.2 Å². The van der Waals surface area contributed by atoms with Gasteiger partial charge in [0.1, 0.15) is 0 Å². The van der Waals surface area contributed by atoms with Gasteiger partial charge in [-0.05, 0) is 31.4 Å². The Morgan fingerprint density at radius 1 is 1.36 bits per heavy atom. The molecule has 0 saturated carbocycles. The van der Waals surface area contributed by atoms with Crippen LogP contribution in [0.2, 0.25) is 0 Å². The summed E-state index contributed by atoms with van der Waals surface area (Å²) in [6.45, 7) is 2.29. The number of hydrogen-bond acceptors (Lipinski definition) is 4. The monoisotopic (exact) mass is 325 g/mol. The Kier molecular flexibility index (Phi) is 4.54. The third-order valence-corrected chi connectivity index (χ3v) is 6.63. The van der Waals surface area contributed by atoms with Crippen LogP contribution in [0.25, 0.3) is 0 Å². The molecule has 0 unspecified atom stereocenters. The molecule has 0 bridgehead atoms. The molecule has 2 atom stereocenters. The van der Waals surface area contributed by atoms with E-state index in [-0.39, 0.29) is 11.5 Å². The van der Waals surface area contributed by atoms with Gasteiger partial charge in [-0.3, -0.25) is 0 Å². The summed E-state index contributed by atoms with van der Waals surface area (Å²) < 4.78 is 38.6. The molecule has 122 valence electrons. The summed E-state index contributed by atoms with van der Waals surface area (Å²) >= 11 is 0. The van der Waals surface area contributed by atoms with Crippen LogP contribution >= 0.6 is 0 Å². The van der Waals surface area contributed by atoms with Crippen molar-refractivity contribution in [2.24, 2.45) is 5.41 Å². The molecular weight excluding hydrogens is 302 g/mol. The van der Waals surface area contributed by atoms with E-state index in [4.69, 9.17) is 9.47 Å². The third kappa shape index (κ3) is 2.80. The number of hydrogen-bond donors (Lipinski definition) is 0. The van der Waals surface area contributed by atoms with Gasteiger partial charge in [0.15, 0.2) is 0 Å². The molecule has 6 heteroatoms. The lowest BCUT2D eigenvalue weighted by Crippen LogP contribution is -2.57. The van der Waals surface area contributed by atoms with Gasteiger partial charge in [0.05, 0.1) is 17.6 Å². The molecule has 0 radical (unpaired) electrons. The first-order valence-electron chi connectivity index (χ1n) is 7.74. The number of rotatable bonds is 4. The summed E-state index contributed by atoms with van der Waals surface area (Å²) in [7, 11) is -1.78. The molecule has 0 spiro atoms. The van der Waals surface area contributed by atoms with Crippen LogP contribution < -0.4 is 0 Å². The summed E-state index contributed by atoms with van der Waals surface area (Å²) in [5.41, 5.74) is -0.215. The summed E-state index contributed by atoms with van der Waals surface area (Å²) in [6.07, 6.45) is 2.74. The number of sulfonamides is 1. The lowest BCUT2D eigenvalue weighted by molar-refractivity contribution is -0.137. The standard InChI is InChI=1S/C16H23NO4S/c1-20-13-16-9-5-11-21-15(16)8-10-17(12-16)22(18,19)14-6-3-2-4-7-14/h2-4,6-7,15H,5,8-13H2,1H3/t15-,16+/m1/s1. The van der Waals surface area contributed by atoms with Crippen molar-refractivity contribution in [3.63, 3.8) is 0 Å². The van der Waals surface area contributed by atoms with Crippen LogP contribution in [-0.4, -0.2) is 52.2 Å². The fraction of sp³-hybridized carbons (Fsp3) is 0.625. The van der Waals surface area contributed by atoms with Gasteiger partial charge in [-0.2, -0.15) is 4.31 Å². The molecule has 5 nitrogen and oxygen atoms in total. The number of methoxy groups -OCH3 is 1. The van der Waals surface area contributed by atoms with E-state index in [9.17, 15) is 8.42 Å². The highest BCUT2D eigenvalue weighted by Crippen LogP contribution is 2.41. The quantitative estimate of drug-likeness (QED) is 0.848. The maximum atomic E-state index is 12.9. The molecule has 2 aliphatic heterocycles. The highest BCUT2D eigenvalue weighted by atomic mass is 32.2. The lowest BCUT2D eigenvalue weighted by Gasteiger charge is -2.49. The zero-order chi connectivity index (χ0) is 15.6. The van der Waals surface area contributed by atoms with Crippen molar-refractivity contribution in [2.45, 2.75) is 30.3 Å². The minimum Gasteiger partial charge on any atom is -0.384 e. The van der Waals surface area contributed by atoms with E-state index in [2.05, 4.69) is 0 Å². The van der Waals surface area contributed by atoms with Crippen LogP contribution in [0, 0.1) is 5.41 Å². The molecule has 0 aromatic heterocycles. The van der Waals surface area contributed by atoms with Gasteiger partial charge in [0, 0.05) is 32.2 Å². The van der Waals surface area contributed by atoms with Crippen LogP contribution in [0.1, 0.15) is 19.3 Å². The van der Waals surface area contributed by atoms with Crippen LogP contribution in [0.15, 0.2) is 35.2 Å². The van der Waals surface area contributed by atoms with Gasteiger partial charge in [0.25, 0.3) is 0 Å². The molecule has 2 fully saturated rings. The van der Waals surface area contributed by atoms with Crippen LogP contribution in [0.5, 0.6) is 0 Å². The number of piperidine rings is 1. The number of fused-ring (bicyclic) bond motifs is 1. The number of benzene rings is 1. The van der Waals surface area contributed by atoms with Crippen LogP contribution in [0.4, 0.5) is 0 Å². The van der Waals surface area contributed by atoms with Crippen molar-refractivity contribution in [2.75, 3.05) is 33.4 Å². The molecule has 3 rings (SSSR count). The molecule has 0 aliphatic carbocycles. The molecule has 2 aliphatic rings. The Morgan fingerprint density at radius 2 is 2.14 bits per heavy atom. The first-order chi connectivity index (χ1) is 10.6. The Bertz CT molecular complexity index is 600. The van der Waals surface area contributed by atoms with E-state index in [1.807, 2.05) is 6.07 Å². The zero-order valence-electron chi connectivity index (χ0n) is 12.9. The predicted molar refractivity (Wildman–Crippen MR) is 83.1 cm³/mol. The lowest BCUT2D eigenvalue weighted by atomic mass is 9.73. The molecule has 0 N–H and O–H groups in total. The van der Waals surface area contributed by atoms with Gasteiger partial charge in [0.2, 0.25) is 10.0 Å². The molecule has 1 aromatic rings. The van der Waals surface area contributed by atoms with Gasteiger partial charge in [-0.15, -0.1) is 0 Å². The van der Waals surface area contributed by atoms with Crippen molar-refractivity contribution in [1.82, 2.24) is 4.31 Å². The van der Waals surface area contributed by atoms with E-state index >= 15 is 0 Å². The molecular formula is C16H23NO4S. The Balaban J connectivity index is 1.87. The fourth-order valence-electron chi connectivity index (χ4n) is 3.69. The summed E-state index contributed by atoms with van der Waals surface area (Å²) in [5.74, 6) is 0. The minimum atomic E-state index is -3.45. The van der Waals surface area contributed by atoms with Crippen LogP contribution in [0.3, 0.4) is 0 Å². The Morgan fingerprint density at radius 3 is 2.86 bits per heavy atom. The van der Waals surface area contributed by atoms with E-state index in [0.717, 1.165) is 25.9 Å². The first-order valence-corrected chi connectivity index (χ1v) is 9.18. The Hall–Kier alpha value is -0.950. The van der Waals surface area contributed by atoms with E-state index in [1.54, 1.807) is 35.7 Å². The average molecular weight is 325 g/mol. The SMILES string of the molecule is COC[C@@]12CCCO[C@@H]1CCN(S(=O)(=O)c1ccccc1)C2. The third-order valence-electron chi connectivity index (χ3n) is 4.77.